The van der Waals surface area contributed by atoms with Crippen molar-refractivity contribution < 1.29 is 9.90 Å². The van der Waals surface area contributed by atoms with Crippen molar-refractivity contribution >= 4 is 17.7 Å². The second kappa shape index (κ2) is 5.39. The molecule has 1 saturated heterocycles. The average molecular weight is 236 g/mol. The van der Waals surface area contributed by atoms with Gasteiger partial charge in [-0.3, -0.25) is 4.79 Å². The van der Waals surface area contributed by atoms with Gasteiger partial charge in [-0.05, 0) is 24.2 Å². The van der Waals surface area contributed by atoms with E-state index in [1.165, 1.54) is 6.42 Å². The second-order valence-corrected chi connectivity index (χ2v) is 5.48. The van der Waals surface area contributed by atoms with E-state index in [1.807, 2.05) is 42.1 Å². The number of hydrogen-bond donors (Lipinski definition) is 1. The summed E-state index contributed by atoms with van der Waals surface area (Å²) in [5, 5.41) is 9.61. The number of carbonyl (C=O) groups is 1. The summed E-state index contributed by atoms with van der Waals surface area (Å²) in [6, 6.07) is 9.61. The van der Waals surface area contributed by atoms with Gasteiger partial charge >= 0.3 is 5.97 Å². The fourth-order valence-corrected chi connectivity index (χ4v) is 3.68. The van der Waals surface area contributed by atoms with Crippen LogP contribution < -0.4 is 0 Å². The van der Waals surface area contributed by atoms with Crippen LogP contribution in [-0.2, 0) is 4.79 Å². The minimum absolute atomic E-state index is 0.244. The summed E-state index contributed by atoms with van der Waals surface area (Å²) < 4.78 is 0. The van der Waals surface area contributed by atoms with Gasteiger partial charge in [-0.1, -0.05) is 36.8 Å². The zero-order chi connectivity index (χ0) is 11.4. The van der Waals surface area contributed by atoms with E-state index in [0.717, 1.165) is 24.2 Å². The normalized spacial score (nSPS) is 22.6. The molecule has 1 heterocycles. The van der Waals surface area contributed by atoms with Gasteiger partial charge in [0.2, 0.25) is 0 Å². The van der Waals surface area contributed by atoms with Gasteiger partial charge in [-0.25, -0.2) is 0 Å². The van der Waals surface area contributed by atoms with Crippen molar-refractivity contribution in [2.75, 3.05) is 5.75 Å². The molecule has 1 aliphatic heterocycles. The Labute approximate surface area is 100 Å². The quantitative estimate of drug-likeness (QED) is 0.876. The third-order valence-corrected chi connectivity index (χ3v) is 4.47. The van der Waals surface area contributed by atoms with Crippen LogP contribution in [0.1, 0.15) is 30.7 Å². The predicted molar refractivity (Wildman–Crippen MR) is 66.9 cm³/mol. The molecule has 3 heteroatoms. The molecule has 0 amide bonds. The van der Waals surface area contributed by atoms with Crippen LogP contribution in [0.2, 0.25) is 0 Å². The van der Waals surface area contributed by atoms with Gasteiger partial charge in [-0.2, -0.15) is 11.8 Å². The van der Waals surface area contributed by atoms with Crippen LogP contribution in [0, 0.1) is 0 Å². The maximum absolute atomic E-state index is 11.4. The SMILES string of the molecule is O=C(O)C(c1ccccc1)C1CCCCS1. The number of rotatable bonds is 3. The highest BCUT2D eigenvalue weighted by Crippen LogP contribution is 2.36. The summed E-state index contributed by atoms with van der Waals surface area (Å²) in [4.78, 5) is 11.4. The summed E-state index contributed by atoms with van der Waals surface area (Å²) in [7, 11) is 0. The number of hydrogen-bond acceptors (Lipinski definition) is 2. The molecule has 2 rings (SSSR count). The molecular weight excluding hydrogens is 220 g/mol. The monoisotopic (exact) mass is 236 g/mol. The van der Waals surface area contributed by atoms with E-state index in [4.69, 9.17) is 0 Å². The molecule has 0 radical (unpaired) electrons. The molecule has 0 aliphatic carbocycles. The number of benzene rings is 1. The summed E-state index contributed by atoms with van der Waals surface area (Å²) in [6.07, 6.45) is 3.41. The topological polar surface area (TPSA) is 37.3 Å². The number of carboxylic acid groups (broad SMARTS) is 1. The minimum Gasteiger partial charge on any atom is -0.481 e. The van der Waals surface area contributed by atoms with E-state index in [9.17, 15) is 9.90 Å². The van der Waals surface area contributed by atoms with Crippen molar-refractivity contribution in [1.29, 1.82) is 0 Å². The van der Waals surface area contributed by atoms with E-state index in [1.54, 1.807) is 0 Å². The second-order valence-electron chi connectivity index (χ2n) is 4.13. The van der Waals surface area contributed by atoms with Crippen LogP contribution in [0.3, 0.4) is 0 Å². The first kappa shape index (κ1) is 11.5. The third-order valence-electron chi connectivity index (χ3n) is 3.01. The van der Waals surface area contributed by atoms with Crippen LogP contribution in [0.15, 0.2) is 30.3 Å². The first-order valence-electron chi connectivity index (χ1n) is 5.68. The average Bonchev–Trinajstić information content (AvgIpc) is 2.31. The smallest absolute Gasteiger partial charge is 0.312 e. The maximum Gasteiger partial charge on any atom is 0.312 e. The Morgan fingerprint density at radius 3 is 2.62 bits per heavy atom. The van der Waals surface area contributed by atoms with Crippen LogP contribution in [0.5, 0.6) is 0 Å². The molecule has 1 aromatic rings. The van der Waals surface area contributed by atoms with E-state index in [2.05, 4.69) is 0 Å². The molecule has 86 valence electrons. The van der Waals surface area contributed by atoms with Crippen LogP contribution in [0.4, 0.5) is 0 Å². The van der Waals surface area contributed by atoms with Crippen LogP contribution in [-0.4, -0.2) is 22.1 Å². The minimum atomic E-state index is -0.689. The molecule has 2 atom stereocenters. The van der Waals surface area contributed by atoms with E-state index >= 15 is 0 Å². The van der Waals surface area contributed by atoms with Gasteiger partial charge in [-0.15, -0.1) is 0 Å². The zero-order valence-corrected chi connectivity index (χ0v) is 9.95. The summed E-state index contributed by atoms with van der Waals surface area (Å²) in [6.45, 7) is 0. The Morgan fingerprint density at radius 2 is 2.06 bits per heavy atom. The standard InChI is InChI=1S/C13H16O2S/c14-13(15)12(10-6-2-1-3-7-10)11-8-4-5-9-16-11/h1-3,6-7,11-12H,4-5,8-9H2,(H,14,15). The summed E-state index contributed by atoms with van der Waals surface area (Å²) in [5.74, 6) is 0.0680. The van der Waals surface area contributed by atoms with Gasteiger partial charge in [0.15, 0.2) is 0 Å². The van der Waals surface area contributed by atoms with Crippen molar-refractivity contribution in [2.24, 2.45) is 0 Å². The molecule has 2 unspecified atom stereocenters. The van der Waals surface area contributed by atoms with Gasteiger partial charge in [0.25, 0.3) is 0 Å². The molecule has 0 bridgehead atoms. The van der Waals surface area contributed by atoms with Crippen LogP contribution in [0.25, 0.3) is 0 Å². The van der Waals surface area contributed by atoms with Gasteiger partial charge in [0, 0.05) is 5.25 Å². The third kappa shape index (κ3) is 2.59. The number of carboxylic acids is 1. The van der Waals surface area contributed by atoms with Crippen LogP contribution >= 0.6 is 11.8 Å². The summed E-state index contributed by atoms with van der Waals surface area (Å²) in [5.41, 5.74) is 0.939. The van der Waals surface area contributed by atoms with E-state index < -0.39 is 5.97 Å². The molecule has 1 aliphatic rings. The van der Waals surface area contributed by atoms with Crippen molar-refractivity contribution in [2.45, 2.75) is 30.4 Å². The van der Waals surface area contributed by atoms with Crippen molar-refractivity contribution in [3.8, 4) is 0 Å². The molecule has 1 fully saturated rings. The molecular formula is C13H16O2S. The van der Waals surface area contributed by atoms with E-state index in [0.29, 0.717) is 0 Å². The fourth-order valence-electron chi connectivity index (χ4n) is 2.21. The molecule has 16 heavy (non-hydrogen) atoms. The van der Waals surface area contributed by atoms with Gasteiger partial charge < -0.3 is 5.11 Å². The van der Waals surface area contributed by atoms with Crippen molar-refractivity contribution in [3.05, 3.63) is 35.9 Å². The van der Waals surface area contributed by atoms with Gasteiger partial charge in [0.1, 0.15) is 0 Å². The zero-order valence-electron chi connectivity index (χ0n) is 9.13. The lowest BCUT2D eigenvalue weighted by molar-refractivity contribution is -0.138. The molecule has 2 nitrogen and oxygen atoms in total. The molecule has 0 aromatic heterocycles. The maximum atomic E-state index is 11.4. The largest absolute Gasteiger partial charge is 0.481 e. The molecule has 1 N–H and O–H groups in total. The predicted octanol–water partition coefficient (Wildman–Crippen LogP) is 3.14. The number of thioether (sulfide) groups is 1. The Balaban J connectivity index is 2.20. The summed E-state index contributed by atoms with van der Waals surface area (Å²) >= 11 is 1.81. The lowest BCUT2D eigenvalue weighted by atomic mass is 9.92. The highest BCUT2D eigenvalue weighted by atomic mass is 32.2. The van der Waals surface area contributed by atoms with Crippen molar-refractivity contribution in [3.63, 3.8) is 0 Å². The van der Waals surface area contributed by atoms with Crippen molar-refractivity contribution in [1.82, 2.24) is 0 Å². The number of aliphatic carboxylic acids is 1. The molecule has 0 saturated carbocycles. The fraction of sp³-hybridized carbons (Fsp3) is 0.462. The van der Waals surface area contributed by atoms with E-state index in [-0.39, 0.29) is 11.2 Å². The van der Waals surface area contributed by atoms with Gasteiger partial charge in [0.05, 0.1) is 5.92 Å². The Kier molecular flexibility index (Phi) is 3.88. The first-order chi connectivity index (χ1) is 7.79. The Bertz CT molecular complexity index is 344. The lowest BCUT2D eigenvalue weighted by Crippen LogP contribution is -2.26. The highest BCUT2D eigenvalue weighted by Gasteiger charge is 2.31. The Morgan fingerprint density at radius 1 is 1.31 bits per heavy atom. The molecule has 0 spiro atoms. The lowest BCUT2D eigenvalue weighted by Gasteiger charge is -2.27. The highest BCUT2D eigenvalue weighted by molar-refractivity contribution is 8.00. The first-order valence-corrected chi connectivity index (χ1v) is 6.73. The molecule has 1 aromatic carbocycles. The Hall–Kier alpha value is -0.960.